The SMILES string of the molecule is CCNC(C)c1nnnn1C(C)CCS(C)=O. The average Bonchev–Trinajstić information content (AvgIpc) is 2.75. The van der Waals surface area contributed by atoms with Crippen LogP contribution in [-0.2, 0) is 10.8 Å². The van der Waals surface area contributed by atoms with Crippen molar-refractivity contribution in [2.75, 3.05) is 18.6 Å². The lowest BCUT2D eigenvalue weighted by Gasteiger charge is -2.16. The van der Waals surface area contributed by atoms with Crippen molar-refractivity contribution in [2.24, 2.45) is 0 Å². The molecule has 0 aliphatic heterocycles. The van der Waals surface area contributed by atoms with Crippen LogP contribution in [0.3, 0.4) is 0 Å². The van der Waals surface area contributed by atoms with Crippen LogP contribution in [0.15, 0.2) is 0 Å². The maximum absolute atomic E-state index is 11.1. The first kappa shape index (κ1) is 14.2. The monoisotopic (exact) mass is 259 g/mol. The second-order valence-corrected chi connectivity index (χ2v) is 5.73. The lowest BCUT2D eigenvalue weighted by molar-refractivity contribution is 0.422. The van der Waals surface area contributed by atoms with Gasteiger partial charge in [0.25, 0.3) is 0 Å². The van der Waals surface area contributed by atoms with Crippen molar-refractivity contribution < 1.29 is 4.21 Å². The summed E-state index contributed by atoms with van der Waals surface area (Å²) in [6.07, 6.45) is 2.54. The summed E-state index contributed by atoms with van der Waals surface area (Å²) in [6, 6.07) is 0.301. The third kappa shape index (κ3) is 4.16. The third-order valence-corrected chi connectivity index (χ3v) is 3.47. The van der Waals surface area contributed by atoms with E-state index in [9.17, 15) is 4.21 Å². The summed E-state index contributed by atoms with van der Waals surface area (Å²) in [7, 11) is -0.766. The second kappa shape index (κ2) is 6.80. The van der Waals surface area contributed by atoms with E-state index in [2.05, 4.69) is 20.8 Å². The van der Waals surface area contributed by atoms with Crippen molar-refractivity contribution in [2.45, 2.75) is 39.3 Å². The zero-order chi connectivity index (χ0) is 12.8. The number of nitrogens with zero attached hydrogens (tertiary/aromatic N) is 4. The molecule has 0 amide bonds. The van der Waals surface area contributed by atoms with Crippen LogP contribution < -0.4 is 5.32 Å². The summed E-state index contributed by atoms with van der Waals surface area (Å²) in [5.41, 5.74) is 0. The Balaban J connectivity index is 2.69. The van der Waals surface area contributed by atoms with Crippen LogP contribution >= 0.6 is 0 Å². The van der Waals surface area contributed by atoms with E-state index in [1.54, 1.807) is 6.26 Å². The normalized spacial score (nSPS) is 16.7. The van der Waals surface area contributed by atoms with E-state index in [1.165, 1.54) is 0 Å². The fraction of sp³-hybridized carbons (Fsp3) is 0.900. The van der Waals surface area contributed by atoms with Crippen molar-refractivity contribution in [1.29, 1.82) is 0 Å². The van der Waals surface area contributed by atoms with Gasteiger partial charge < -0.3 is 5.32 Å². The fourth-order valence-corrected chi connectivity index (χ4v) is 2.33. The zero-order valence-corrected chi connectivity index (χ0v) is 11.7. The van der Waals surface area contributed by atoms with Crippen LogP contribution in [0.25, 0.3) is 0 Å². The predicted octanol–water partition coefficient (Wildman–Crippen LogP) is 0.673. The van der Waals surface area contributed by atoms with Crippen LogP contribution in [0, 0.1) is 0 Å². The Hall–Kier alpha value is -0.820. The minimum atomic E-state index is -0.766. The largest absolute Gasteiger partial charge is 0.308 e. The smallest absolute Gasteiger partial charge is 0.168 e. The van der Waals surface area contributed by atoms with Crippen LogP contribution in [0.4, 0.5) is 0 Å². The van der Waals surface area contributed by atoms with Gasteiger partial charge in [-0.05, 0) is 37.2 Å². The maximum Gasteiger partial charge on any atom is 0.168 e. The minimum Gasteiger partial charge on any atom is -0.308 e. The molecule has 1 N–H and O–H groups in total. The average molecular weight is 259 g/mol. The number of aromatic nitrogens is 4. The van der Waals surface area contributed by atoms with Crippen LogP contribution in [0.5, 0.6) is 0 Å². The van der Waals surface area contributed by atoms with Gasteiger partial charge in [-0.3, -0.25) is 4.21 Å². The zero-order valence-electron chi connectivity index (χ0n) is 10.9. The molecule has 7 heteroatoms. The summed E-state index contributed by atoms with van der Waals surface area (Å²) in [4.78, 5) is 0. The van der Waals surface area contributed by atoms with Crippen LogP contribution in [0.1, 0.15) is 45.1 Å². The van der Waals surface area contributed by atoms with Crippen molar-refractivity contribution in [3.05, 3.63) is 5.82 Å². The first-order valence-corrected chi connectivity index (χ1v) is 7.60. The van der Waals surface area contributed by atoms with Crippen molar-refractivity contribution >= 4 is 10.8 Å². The van der Waals surface area contributed by atoms with Gasteiger partial charge in [-0.15, -0.1) is 5.10 Å². The van der Waals surface area contributed by atoms with Gasteiger partial charge in [-0.1, -0.05) is 6.92 Å². The Labute approximate surface area is 105 Å². The molecule has 0 aliphatic carbocycles. The fourth-order valence-electron chi connectivity index (χ4n) is 1.66. The van der Waals surface area contributed by atoms with Crippen molar-refractivity contribution in [1.82, 2.24) is 25.5 Å². The van der Waals surface area contributed by atoms with Crippen LogP contribution in [-0.4, -0.2) is 43.0 Å². The highest BCUT2D eigenvalue weighted by atomic mass is 32.2. The maximum atomic E-state index is 11.1. The Kier molecular flexibility index (Phi) is 5.70. The molecule has 1 aromatic heterocycles. The van der Waals surface area contributed by atoms with Gasteiger partial charge in [0.2, 0.25) is 0 Å². The third-order valence-electron chi connectivity index (χ3n) is 2.66. The highest BCUT2D eigenvalue weighted by molar-refractivity contribution is 7.84. The van der Waals surface area contributed by atoms with Crippen molar-refractivity contribution in [3.8, 4) is 0 Å². The van der Waals surface area contributed by atoms with Crippen LogP contribution in [0.2, 0.25) is 0 Å². The summed E-state index contributed by atoms with van der Waals surface area (Å²) in [6.45, 7) is 7.01. The first-order chi connectivity index (χ1) is 8.06. The molecule has 98 valence electrons. The lowest BCUT2D eigenvalue weighted by atomic mass is 10.2. The molecule has 0 fully saturated rings. The number of tetrazole rings is 1. The number of hydrogen-bond acceptors (Lipinski definition) is 5. The summed E-state index contributed by atoms with van der Waals surface area (Å²) >= 11 is 0. The molecule has 0 aliphatic rings. The van der Waals surface area contributed by atoms with Gasteiger partial charge >= 0.3 is 0 Å². The molecule has 6 nitrogen and oxygen atoms in total. The van der Waals surface area contributed by atoms with Gasteiger partial charge in [-0.2, -0.15) is 0 Å². The molecule has 0 spiro atoms. The van der Waals surface area contributed by atoms with Gasteiger partial charge in [0.1, 0.15) is 0 Å². The molecule has 0 aromatic carbocycles. The molecular weight excluding hydrogens is 238 g/mol. The Morgan fingerprint density at radius 2 is 2.18 bits per heavy atom. The molecule has 1 aromatic rings. The van der Waals surface area contributed by atoms with Gasteiger partial charge in [0, 0.05) is 22.8 Å². The summed E-state index contributed by atoms with van der Waals surface area (Å²) in [5, 5.41) is 15.1. The minimum absolute atomic E-state index is 0.129. The lowest BCUT2D eigenvalue weighted by Crippen LogP contribution is -2.24. The topological polar surface area (TPSA) is 72.7 Å². The number of hydrogen-bond donors (Lipinski definition) is 1. The number of nitrogens with one attached hydrogen (secondary N) is 1. The van der Waals surface area contributed by atoms with E-state index in [0.29, 0.717) is 5.75 Å². The van der Waals surface area contributed by atoms with E-state index in [4.69, 9.17) is 0 Å². The molecule has 3 atom stereocenters. The molecule has 0 saturated heterocycles. The molecule has 3 unspecified atom stereocenters. The molecule has 1 rings (SSSR count). The summed E-state index contributed by atoms with van der Waals surface area (Å²) in [5.74, 6) is 1.51. The summed E-state index contributed by atoms with van der Waals surface area (Å²) < 4.78 is 12.9. The van der Waals surface area contributed by atoms with Gasteiger partial charge in [-0.25, -0.2) is 4.68 Å². The Morgan fingerprint density at radius 1 is 1.47 bits per heavy atom. The van der Waals surface area contributed by atoms with Crippen molar-refractivity contribution in [3.63, 3.8) is 0 Å². The van der Waals surface area contributed by atoms with E-state index < -0.39 is 10.8 Å². The van der Waals surface area contributed by atoms with E-state index in [0.717, 1.165) is 18.8 Å². The Morgan fingerprint density at radius 3 is 2.76 bits per heavy atom. The highest BCUT2D eigenvalue weighted by Gasteiger charge is 2.17. The molecule has 0 saturated carbocycles. The standard InChI is InChI=1S/C10H21N5OS/c1-5-11-9(3)10-12-13-14-15(10)8(2)6-7-17(4)16/h8-9,11H,5-7H2,1-4H3. The Bertz CT molecular complexity index is 367. The van der Waals surface area contributed by atoms with E-state index in [-0.39, 0.29) is 12.1 Å². The quantitative estimate of drug-likeness (QED) is 0.779. The van der Waals surface area contributed by atoms with E-state index in [1.807, 2.05) is 25.5 Å². The van der Waals surface area contributed by atoms with Gasteiger partial charge in [0.15, 0.2) is 5.82 Å². The van der Waals surface area contributed by atoms with E-state index >= 15 is 0 Å². The second-order valence-electron chi connectivity index (χ2n) is 4.18. The molecule has 0 radical (unpaired) electrons. The van der Waals surface area contributed by atoms with Gasteiger partial charge in [0.05, 0.1) is 12.1 Å². The highest BCUT2D eigenvalue weighted by Crippen LogP contribution is 2.15. The first-order valence-electron chi connectivity index (χ1n) is 5.87. The predicted molar refractivity (Wildman–Crippen MR) is 68.2 cm³/mol. The number of rotatable bonds is 7. The molecule has 17 heavy (non-hydrogen) atoms. The molecule has 0 bridgehead atoms. The molecule has 1 heterocycles. The molecular formula is C10H21N5OS.